The lowest BCUT2D eigenvalue weighted by Crippen LogP contribution is -2.44. The van der Waals surface area contributed by atoms with Crippen molar-refractivity contribution in [3.05, 3.63) is 59.7 Å². The monoisotopic (exact) mass is 520 g/mol. The topological polar surface area (TPSA) is 65.1 Å². The lowest BCUT2D eigenvalue weighted by molar-refractivity contribution is -0.123. The van der Waals surface area contributed by atoms with E-state index in [-0.39, 0.29) is 11.8 Å². The molecule has 1 aliphatic carbocycles. The molecule has 0 atom stereocenters. The van der Waals surface area contributed by atoms with E-state index in [1.807, 2.05) is 42.2 Å². The third-order valence-corrected chi connectivity index (χ3v) is 7.65. The molecule has 7 heteroatoms. The van der Waals surface area contributed by atoms with Crippen molar-refractivity contribution in [2.24, 2.45) is 0 Å². The van der Waals surface area contributed by atoms with Crippen LogP contribution in [0.1, 0.15) is 63.5 Å². The second-order valence-electron chi connectivity index (χ2n) is 10.6. The standard InChI is InChI=1S/C31H44N4O3/c1-3-38-30-17-10-8-13-27(30)23-33-18-11-19-35(25(2)36)29-16-9-7-12-26(29)22-34(21-20-33)24-31(37)32-28-14-5-4-6-15-28/h7-10,12-13,16-17,28H,3-6,11,14-15,18-24H2,1-2H3,(H,32,37). The Morgan fingerprint density at radius 2 is 1.63 bits per heavy atom. The molecule has 206 valence electrons. The predicted molar refractivity (Wildman–Crippen MR) is 152 cm³/mol. The van der Waals surface area contributed by atoms with Crippen molar-refractivity contribution >= 4 is 17.5 Å². The SMILES string of the molecule is CCOc1ccccc1CN1CCCN(C(C)=O)c2ccccc2CN(CC(=O)NC2CCCCC2)CC1. The molecule has 38 heavy (non-hydrogen) atoms. The van der Waals surface area contributed by atoms with Crippen molar-refractivity contribution < 1.29 is 14.3 Å². The summed E-state index contributed by atoms with van der Waals surface area (Å²) in [5, 5.41) is 3.29. The van der Waals surface area contributed by atoms with Crippen LogP contribution in [0.15, 0.2) is 48.5 Å². The number of amides is 2. The fourth-order valence-corrected chi connectivity index (χ4v) is 5.71. The minimum Gasteiger partial charge on any atom is -0.494 e. The molecular formula is C31H44N4O3. The summed E-state index contributed by atoms with van der Waals surface area (Å²) in [5.74, 6) is 1.07. The quantitative estimate of drug-likeness (QED) is 0.578. The number of carbonyl (C=O) groups is 2. The minimum atomic E-state index is 0.0477. The first-order valence-corrected chi connectivity index (χ1v) is 14.3. The van der Waals surface area contributed by atoms with Gasteiger partial charge in [0.25, 0.3) is 0 Å². The van der Waals surface area contributed by atoms with E-state index in [2.05, 4.69) is 33.3 Å². The Kier molecular flexibility index (Phi) is 10.6. The number of nitrogens with zero attached hydrogens (tertiary/aromatic N) is 3. The van der Waals surface area contributed by atoms with Crippen molar-refractivity contribution in [2.75, 3.05) is 44.2 Å². The van der Waals surface area contributed by atoms with E-state index < -0.39 is 0 Å². The van der Waals surface area contributed by atoms with Crippen LogP contribution in [0.2, 0.25) is 0 Å². The molecule has 0 unspecified atom stereocenters. The van der Waals surface area contributed by atoms with Crippen LogP contribution in [0, 0.1) is 0 Å². The van der Waals surface area contributed by atoms with E-state index in [0.717, 1.165) is 68.0 Å². The van der Waals surface area contributed by atoms with Gasteiger partial charge in [-0.05, 0) is 43.9 Å². The number of carbonyl (C=O) groups excluding carboxylic acids is 2. The Morgan fingerprint density at radius 1 is 0.895 bits per heavy atom. The maximum atomic E-state index is 13.1. The lowest BCUT2D eigenvalue weighted by Gasteiger charge is -2.29. The van der Waals surface area contributed by atoms with Crippen LogP contribution in [0.5, 0.6) is 5.75 Å². The van der Waals surface area contributed by atoms with E-state index in [1.165, 1.54) is 19.3 Å². The molecule has 4 rings (SSSR count). The first-order chi connectivity index (χ1) is 18.5. The lowest BCUT2D eigenvalue weighted by atomic mass is 9.95. The Bertz CT molecular complexity index is 1050. The largest absolute Gasteiger partial charge is 0.494 e. The van der Waals surface area contributed by atoms with Crippen molar-refractivity contribution in [1.29, 1.82) is 0 Å². The van der Waals surface area contributed by atoms with E-state index in [1.54, 1.807) is 6.92 Å². The molecule has 2 aliphatic rings. The Balaban J connectivity index is 1.54. The van der Waals surface area contributed by atoms with Crippen LogP contribution in [-0.4, -0.2) is 67.0 Å². The average Bonchev–Trinajstić information content (AvgIpc) is 2.94. The molecule has 2 aromatic rings. The number of para-hydroxylation sites is 2. The molecule has 1 heterocycles. The third kappa shape index (κ3) is 8.05. The van der Waals surface area contributed by atoms with Gasteiger partial charge in [-0.1, -0.05) is 55.7 Å². The predicted octanol–water partition coefficient (Wildman–Crippen LogP) is 4.60. The molecule has 1 fully saturated rings. The van der Waals surface area contributed by atoms with E-state index >= 15 is 0 Å². The zero-order valence-electron chi connectivity index (χ0n) is 23.2. The molecule has 1 aliphatic heterocycles. The van der Waals surface area contributed by atoms with Gasteiger partial charge in [-0.15, -0.1) is 0 Å². The Labute approximate surface area is 228 Å². The summed E-state index contributed by atoms with van der Waals surface area (Å²) >= 11 is 0. The second kappa shape index (κ2) is 14.3. The van der Waals surface area contributed by atoms with Gasteiger partial charge in [0, 0.05) is 63.5 Å². The number of ether oxygens (including phenoxy) is 1. The highest BCUT2D eigenvalue weighted by molar-refractivity contribution is 5.92. The molecule has 1 N–H and O–H groups in total. The second-order valence-corrected chi connectivity index (χ2v) is 10.6. The van der Waals surface area contributed by atoms with E-state index in [0.29, 0.717) is 32.3 Å². The smallest absolute Gasteiger partial charge is 0.234 e. The van der Waals surface area contributed by atoms with E-state index in [9.17, 15) is 9.59 Å². The van der Waals surface area contributed by atoms with Gasteiger partial charge in [-0.25, -0.2) is 0 Å². The first kappa shape index (κ1) is 28.1. The molecule has 0 saturated heterocycles. The fourth-order valence-electron chi connectivity index (χ4n) is 5.71. The third-order valence-electron chi connectivity index (χ3n) is 7.65. The van der Waals surface area contributed by atoms with Gasteiger partial charge in [0.2, 0.25) is 11.8 Å². The van der Waals surface area contributed by atoms with Crippen molar-refractivity contribution in [2.45, 2.75) is 71.5 Å². The zero-order chi connectivity index (χ0) is 26.7. The molecule has 2 amide bonds. The molecule has 0 bridgehead atoms. The number of benzene rings is 2. The van der Waals surface area contributed by atoms with Gasteiger partial charge in [0.1, 0.15) is 5.75 Å². The number of hydrogen-bond donors (Lipinski definition) is 1. The molecule has 7 nitrogen and oxygen atoms in total. The highest BCUT2D eigenvalue weighted by Gasteiger charge is 2.23. The maximum Gasteiger partial charge on any atom is 0.234 e. The van der Waals surface area contributed by atoms with Crippen LogP contribution >= 0.6 is 0 Å². The van der Waals surface area contributed by atoms with Crippen LogP contribution in [-0.2, 0) is 22.7 Å². The van der Waals surface area contributed by atoms with Crippen LogP contribution in [0.25, 0.3) is 0 Å². The van der Waals surface area contributed by atoms with Gasteiger partial charge >= 0.3 is 0 Å². The molecule has 0 radical (unpaired) electrons. The number of anilines is 1. The summed E-state index contributed by atoms with van der Waals surface area (Å²) in [7, 11) is 0. The van der Waals surface area contributed by atoms with Crippen molar-refractivity contribution in [3.8, 4) is 5.75 Å². The van der Waals surface area contributed by atoms with Gasteiger partial charge in [-0.2, -0.15) is 0 Å². The summed E-state index contributed by atoms with van der Waals surface area (Å²) in [6, 6.07) is 16.7. The van der Waals surface area contributed by atoms with Crippen LogP contribution < -0.4 is 15.0 Å². The van der Waals surface area contributed by atoms with Crippen molar-refractivity contribution in [1.82, 2.24) is 15.1 Å². The summed E-state index contributed by atoms with van der Waals surface area (Å²) in [5.41, 5.74) is 3.20. The molecule has 0 spiro atoms. The highest BCUT2D eigenvalue weighted by Crippen LogP contribution is 2.25. The van der Waals surface area contributed by atoms with E-state index in [4.69, 9.17) is 4.74 Å². The number of hydrogen-bond acceptors (Lipinski definition) is 5. The summed E-state index contributed by atoms with van der Waals surface area (Å²) in [6.45, 7) is 9.15. The average molecular weight is 521 g/mol. The van der Waals surface area contributed by atoms with Crippen molar-refractivity contribution in [3.63, 3.8) is 0 Å². The minimum absolute atomic E-state index is 0.0477. The van der Waals surface area contributed by atoms with Gasteiger partial charge in [0.05, 0.1) is 13.2 Å². The normalized spacial score (nSPS) is 18.3. The van der Waals surface area contributed by atoms with Gasteiger partial charge in [-0.3, -0.25) is 19.4 Å². The summed E-state index contributed by atoms with van der Waals surface area (Å²) < 4.78 is 5.89. The van der Waals surface area contributed by atoms with Crippen LogP contribution in [0.3, 0.4) is 0 Å². The zero-order valence-corrected chi connectivity index (χ0v) is 23.2. The number of rotatable bonds is 7. The molecule has 2 aromatic carbocycles. The summed E-state index contributed by atoms with van der Waals surface area (Å²) in [6.07, 6.45) is 6.68. The van der Waals surface area contributed by atoms with Crippen LogP contribution in [0.4, 0.5) is 5.69 Å². The fraction of sp³-hybridized carbons (Fsp3) is 0.548. The number of nitrogens with one attached hydrogen (secondary N) is 1. The maximum absolute atomic E-state index is 13.1. The van der Waals surface area contributed by atoms with Gasteiger partial charge < -0.3 is 15.0 Å². The Morgan fingerprint density at radius 3 is 2.42 bits per heavy atom. The molecule has 1 saturated carbocycles. The molecule has 0 aromatic heterocycles. The molecular weight excluding hydrogens is 476 g/mol. The number of fused-ring (bicyclic) bond motifs is 1. The first-order valence-electron chi connectivity index (χ1n) is 14.3. The highest BCUT2D eigenvalue weighted by atomic mass is 16.5. The Hall–Kier alpha value is -2.90. The van der Waals surface area contributed by atoms with Gasteiger partial charge in [0.15, 0.2) is 0 Å². The summed E-state index contributed by atoms with van der Waals surface area (Å²) in [4.78, 5) is 32.4.